The smallest absolute Gasteiger partial charge is 0.169 e. The van der Waals surface area contributed by atoms with Crippen molar-refractivity contribution in [1.29, 1.82) is 0 Å². The van der Waals surface area contributed by atoms with Crippen molar-refractivity contribution in [1.82, 2.24) is 39.1 Å². The summed E-state index contributed by atoms with van der Waals surface area (Å²) in [5.74, 6) is 0. The van der Waals surface area contributed by atoms with E-state index in [1.807, 2.05) is 79.9 Å². The van der Waals surface area contributed by atoms with Gasteiger partial charge in [0, 0.05) is 60.7 Å². The maximum absolute atomic E-state index is 4.49. The largest absolute Gasteiger partial charge is 0.244 e. The summed E-state index contributed by atoms with van der Waals surface area (Å²) in [4.78, 5) is 0. The lowest BCUT2D eigenvalue weighted by Crippen LogP contribution is -2.27. The molecule has 0 saturated carbocycles. The van der Waals surface area contributed by atoms with Crippen LogP contribution in [0.1, 0.15) is 23.5 Å². The van der Waals surface area contributed by atoms with Gasteiger partial charge in [-0.05, 0) is 24.3 Å². The Morgan fingerprint density at radius 3 is 1.04 bits per heavy atom. The Morgan fingerprint density at radius 1 is 0.464 bits per heavy atom. The maximum Gasteiger partial charge on any atom is 0.169 e. The van der Waals surface area contributed by atoms with Crippen LogP contribution >= 0.6 is 0 Å². The van der Waals surface area contributed by atoms with Gasteiger partial charge in [-0.2, -0.15) is 20.4 Å². The molecule has 0 bridgehead atoms. The second kappa shape index (κ2) is 6.99. The summed E-state index contributed by atoms with van der Waals surface area (Å²) < 4.78 is 7.59. The first-order chi connectivity index (χ1) is 13.9. The standard InChI is InChI=1S/C20H18N8/c1-2-8-18(20(27-15-5-11-23-27)28-16-6-12-24-28)17(7-1)19(25-13-3-9-21-25)26-14-4-10-22-26/h1-16,19-20H. The summed E-state index contributed by atoms with van der Waals surface area (Å²) in [6, 6.07) is 15.9. The van der Waals surface area contributed by atoms with Crippen molar-refractivity contribution in [2.45, 2.75) is 12.3 Å². The Bertz CT molecular complexity index is 949. The summed E-state index contributed by atoms with van der Waals surface area (Å²) in [6.07, 6.45) is 14.4. The van der Waals surface area contributed by atoms with Gasteiger partial charge in [-0.1, -0.05) is 24.3 Å². The average Bonchev–Trinajstić information content (AvgIpc) is 3.52. The summed E-state index contributed by atoms with van der Waals surface area (Å²) >= 11 is 0. The lowest BCUT2D eigenvalue weighted by Gasteiger charge is -2.26. The van der Waals surface area contributed by atoms with Gasteiger partial charge in [0.25, 0.3) is 0 Å². The molecule has 0 amide bonds. The average molecular weight is 370 g/mol. The zero-order chi connectivity index (χ0) is 18.8. The van der Waals surface area contributed by atoms with Crippen LogP contribution in [0, 0.1) is 0 Å². The van der Waals surface area contributed by atoms with Gasteiger partial charge >= 0.3 is 0 Å². The van der Waals surface area contributed by atoms with Crippen LogP contribution in [0.25, 0.3) is 0 Å². The molecule has 0 saturated heterocycles. The molecule has 28 heavy (non-hydrogen) atoms. The zero-order valence-electron chi connectivity index (χ0n) is 15.0. The van der Waals surface area contributed by atoms with Crippen LogP contribution in [-0.2, 0) is 0 Å². The zero-order valence-corrected chi connectivity index (χ0v) is 15.0. The molecule has 138 valence electrons. The van der Waals surface area contributed by atoms with Gasteiger partial charge in [-0.15, -0.1) is 0 Å². The van der Waals surface area contributed by atoms with Crippen LogP contribution in [0.3, 0.4) is 0 Å². The Balaban J connectivity index is 1.72. The van der Waals surface area contributed by atoms with Crippen molar-refractivity contribution >= 4 is 0 Å². The minimum Gasteiger partial charge on any atom is -0.244 e. The van der Waals surface area contributed by atoms with Crippen LogP contribution in [-0.4, -0.2) is 39.1 Å². The summed E-state index contributed by atoms with van der Waals surface area (Å²) in [5, 5.41) is 17.9. The van der Waals surface area contributed by atoms with Gasteiger partial charge in [-0.25, -0.2) is 18.7 Å². The molecule has 0 radical (unpaired) electrons. The summed E-state index contributed by atoms with van der Waals surface area (Å²) in [7, 11) is 0. The second-order valence-corrected chi connectivity index (χ2v) is 6.32. The van der Waals surface area contributed by atoms with E-state index in [2.05, 4.69) is 32.5 Å². The normalized spacial score (nSPS) is 11.5. The molecule has 4 aromatic heterocycles. The molecule has 8 nitrogen and oxygen atoms in total. The van der Waals surface area contributed by atoms with Crippen molar-refractivity contribution in [3.63, 3.8) is 0 Å². The molecular weight excluding hydrogens is 352 g/mol. The van der Waals surface area contributed by atoms with Gasteiger partial charge in [-0.3, -0.25) is 0 Å². The van der Waals surface area contributed by atoms with Crippen LogP contribution in [0.5, 0.6) is 0 Å². The van der Waals surface area contributed by atoms with Crippen molar-refractivity contribution in [2.24, 2.45) is 0 Å². The van der Waals surface area contributed by atoms with Crippen LogP contribution < -0.4 is 0 Å². The Hall–Kier alpha value is -3.94. The Labute approximate surface area is 161 Å². The van der Waals surface area contributed by atoms with Crippen molar-refractivity contribution in [2.75, 3.05) is 0 Å². The topological polar surface area (TPSA) is 71.3 Å². The highest BCUT2D eigenvalue weighted by molar-refractivity contribution is 5.34. The van der Waals surface area contributed by atoms with Crippen molar-refractivity contribution in [3.05, 3.63) is 109 Å². The quantitative estimate of drug-likeness (QED) is 0.461. The molecular formula is C20H18N8. The third kappa shape index (κ3) is 2.81. The highest BCUT2D eigenvalue weighted by Gasteiger charge is 2.26. The molecule has 0 spiro atoms. The molecule has 0 aliphatic rings. The second-order valence-electron chi connectivity index (χ2n) is 6.32. The third-order valence-corrected chi connectivity index (χ3v) is 4.65. The van der Waals surface area contributed by atoms with Crippen molar-refractivity contribution in [3.8, 4) is 0 Å². The monoisotopic (exact) mass is 370 g/mol. The van der Waals surface area contributed by atoms with Gasteiger partial charge in [0.15, 0.2) is 12.3 Å². The minimum atomic E-state index is -0.227. The van der Waals surface area contributed by atoms with E-state index >= 15 is 0 Å². The van der Waals surface area contributed by atoms with Gasteiger partial charge in [0.2, 0.25) is 0 Å². The van der Waals surface area contributed by atoms with Crippen LogP contribution in [0.15, 0.2) is 98.1 Å². The Kier molecular flexibility index (Phi) is 4.06. The van der Waals surface area contributed by atoms with E-state index in [9.17, 15) is 0 Å². The SMILES string of the molecule is c1ccc(C(n2cccn2)n2cccn2)c(C(n2cccn2)n2cccn2)c1. The molecule has 8 heteroatoms. The van der Waals surface area contributed by atoms with E-state index < -0.39 is 0 Å². The van der Waals surface area contributed by atoms with E-state index in [1.54, 1.807) is 24.8 Å². The van der Waals surface area contributed by atoms with Gasteiger partial charge in [0.05, 0.1) is 0 Å². The molecule has 0 atom stereocenters. The third-order valence-electron chi connectivity index (χ3n) is 4.65. The first-order valence-electron chi connectivity index (χ1n) is 8.97. The van der Waals surface area contributed by atoms with E-state index in [-0.39, 0.29) is 12.3 Å². The molecule has 0 fully saturated rings. The highest BCUT2D eigenvalue weighted by Crippen LogP contribution is 2.30. The molecule has 4 heterocycles. The van der Waals surface area contributed by atoms with Gasteiger partial charge < -0.3 is 0 Å². The molecule has 0 aliphatic heterocycles. The number of aromatic nitrogens is 8. The predicted octanol–water partition coefficient (Wildman–Crippen LogP) is 2.66. The number of hydrogen-bond acceptors (Lipinski definition) is 4. The van der Waals surface area contributed by atoms with E-state index in [0.29, 0.717) is 0 Å². The molecule has 0 N–H and O–H groups in total. The fourth-order valence-corrected chi connectivity index (χ4v) is 3.49. The fourth-order valence-electron chi connectivity index (χ4n) is 3.49. The van der Waals surface area contributed by atoms with E-state index in [1.165, 1.54) is 0 Å². The highest BCUT2D eigenvalue weighted by atomic mass is 15.5. The first kappa shape index (κ1) is 16.2. The molecule has 0 unspecified atom stereocenters. The Morgan fingerprint density at radius 2 is 0.786 bits per heavy atom. The van der Waals surface area contributed by atoms with E-state index in [4.69, 9.17) is 0 Å². The van der Waals surface area contributed by atoms with E-state index in [0.717, 1.165) is 11.1 Å². The number of nitrogens with zero attached hydrogens (tertiary/aromatic N) is 8. The van der Waals surface area contributed by atoms with Crippen LogP contribution in [0.2, 0.25) is 0 Å². The number of benzene rings is 1. The molecule has 1 aromatic carbocycles. The lowest BCUT2D eigenvalue weighted by molar-refractivity contribution is 0.386. The first-order valence-corrected chi connectivity index (χ1v) is 8.97. The molecule has 5 rings (SSSR count). The minimum absolute atomic E-state index is 0.227. The fraction of sp³-hybridized carbons (Fsp3) is 0.100. The van der Waals surface area contributed by atoms with Crippen LogP contribution in [0.4, 0.5) is 0 Å². The predicted molar refractivity (Wildman–Crippen MR) is 102 cm³/mol. The lowest BCUT2D eigenvalue weighted by atomic mass is 10.0. The molecule has 0 aliphatic carbocycles. The summed E-state index contributed by atoms with van der Waals surface area (Å²) in [6.45, 7) is 0. The van der Waals surface area contributed by atoms with Crippen molar-refractivity contribution < 1.29 is 0 Å². The molecule has 5 aromatic rings. The maximum atomic E-state index is 4.49. The number of hydrogen-bond donors (Lipinski definition) is 0. The number of rotatable bonds is 6. The van der Waals surface area contributed by atoms with Gasteiger partial charge in [0.1, 0.15) is 0 Å². The summed E-state index contributed by atoms with van der Waals surface area (Å²) in [5.41, 5.74) is 2.12.